The number of nitrogens with zero attached hydrogens (tertiary/aromatic N) is 1. The predicted molar refractivity (Wildman–Crippen MR) is 88.7 cm³/mol. The third kappa shape index (κ3) is 4.86. The minimum absolute atomic E-state index is 0.0699. The highest BCUT2D eigenvalue weighted by atomic mass is 32.2. The van der Waals surface area contributed by atoms with Crippen LogP contribution in [0, 0.1) is 5.92 Å². The second-order valence-electron chi connectivity index (χ2n) is 5.70. The average molecular weight is 338 g/mol. The Kier molecular flexibility index (Phi) is 6.27. The van der Waals surface area contributed by atoms with Crippen LogP contribution in [0.25, 0.3) is 0 Å². The molecule has 23 heavy (non-hydrogen) atoms. The molecule has 1 aliphatic heterocycles. The fourth-order valence-corrected chi connectivity index (χ4v) is 3.33. The number of carbonyl (C=O) groups excluding carboxylic acids is 2. The van der Waals surface area contributed by atoms with Gasteiger partial charge in [0.15, 0.2) is 0 Å². The quantitative estimate of drug-likeness (QED) is 0.798. The number of ether oxygens (including phenoxy) is 2. The first-order chi connectivity index (χ1) is 11.0. The Bertz CT molecular complexity index is 559. The molecule has 1 amide bonds. The highest BCUT2D eigenvalue weighted by molar-refractivity contribution is 7.99. The summed E-state index contributed by atoms with van der Waals surface area (Å²) in [4.78, 5) is 28.3. The summed E-state index contributed by atoms with van der Waals surface area (Å²) in [6, 6.07) is 2.52. The van der Waals surface area contributed by atoms with E-state index in [1.807, 2.05) is 25.6 Å². The summed E-state index contributed by atoms with van der Waals surface area (Å²) >= 11 is 1.85. The molecule has 1 N–H and O–H groups in total. The van der Waals surface area contributed by atoms with Crippen LogP contribution in [0.4, 0.5) is 0 Å². The lowest BCUT2D eigenvalue weighted by atomic mass is 10.0. The average Bonchev–Trinajstić information content (AvgIpc) is 3.04. The third-order valence-electron chi connectivity index (χ3n) is 3.58. The molecule has 0 radical (unpaired) electrons. The molecule has 7 heteroatoms. The normalized spacial score (nSPS) is 18.5. The van der Waals surface area contributed by atoms with Crippen LogP contribution in [0.1, 0.15) is 30.6 Å². The van der Waals surface area contributed by atoms with E-state index in [1.165, 1.54) is 13.3 Å². The minimum Gasteiger partial charge on any atom is -0.473 e. The molecule has 0 aromatic carbocycles. The Morgan fingerprint density at radius 1 is 1.43 bits per heavy atom. The van der Waals surface area contributed by atoms with E-state index in [0.29, 0.717) is 11.4 Å². The maximum Gasteiger partial charge on any atom is 0.328 e. The number of methoxy groups -OCH3 is 1. The molecule has 0 spiro atoms. The molecule has 1 aromatic rings. The van der Waals surface area contributed by atoms with Gasteiger partial charge in [-0.2, -0.15) is 11.8 Å². The van der Waals surface area contributed by atoms with Gasteiger partial charge >= 0.3 is 5.97 Å². The Morgan fingerprint density at radius 2 is 2.22 bits per heavy atom. The topological polar surface area (TPSA) is 77.5 Å². The molecule has 1 aliphatic rings. The molecule has 1 saturated heterocycles. The van der Waals surface area contributed by atoms with Crippen LogP contribution in [-0.2, 0) is 9.53 Å². The van der Waals surface area contributed by atoms with Crippen molar-refractivity contribution in [2.45, 2.75) is 32.4 Å². The number of hydrogen-bond donors (Lipinski definition) is 1. The van der Waals surface area contributed by atoms with Gasteiger partial charge in [0.25, 0.3) is 5.91 Å². The van der Waals surface area contributed by atoms with Crippen LogP contribution >= 0.6 is 11.8 Å². The summed E-state index contributed by atoms with van der Waals surface area (Å²) in [5, 5.41) is 2.70. The van der Waals surface area contributed by atoms with Crippen molar-refractivity contribution < 1.29 is 19.1 Å². The standard InChI is InChI=1S/C16H22N2O4S/c1-10(2)14(16(20)21-3)18-15(19)11-4-6-17-13(8-11)22-12-5-7-23-9-12/h4,6,8,10,12,14H,5,7,9H2,1-3H3,(H,18,19). The first-order valence-electron chi connectivity index (χ1n) is 7.60. The predicted octanol–water partition coefficient (Wildman–Crippen LogP) is 1.89. The van der Waals surface area contributed by atoms with Gasteiger partial charge in [0.1, 0.15) is 12.1 Å². The highest BCUT2D eigenvalue weighted by Gasteiger charge is 2.25. The lowest BCUT2D eigenvalue weighted by Crippen LogP contribution is -2.45. The monoisotopic (exact) mass is 338 g/mol. The number of carbonyl (C=O) groups is 2. The van der Waals surface area contributed by atoms with Crippen molar-refractivity contribution in [2.75, 3.05) is 18.6 Å². The van der Waals surface area contributed by atoms with Gasteiger partial charge in [0.2, 0.25) is 5.88 Å². The zero-order chi connectivity index (χ0) is 16.8. The molecule has 6 nitrogen and oxygen atoms in total. The number of esters is 1. The molecular weight excluding hydrogens is 316 g/mol. The molecule has 0 saturated carbocycles. The van der Waals surface area contributed by atoms with Gasteiger partial charge in [0, 0.05) is 23.6 Å². The molecule has 2 rings (SSSR count). The second kappa shape index (κ2) is 8.19. The van der Waals surface area contributed by atoms with Crippen molar-refractivity contribution in [3.05, 3.63) is 23.9 Å². The van der Waals surface area contributed by atoms with Gasteiger partial charge in [-0.3, -0.25) is 4.79 Å². The Morgan fingerprint density at radius 3 is 2.83 bits per heavy atom. The highest BCUT2D eigenvalue weighted by Crippen LogP contribution is 2.22. The lowest BCUT2D eigenvalue weighted by molar-refractivity contribution is -0.144. The summed E-state index contributed by atoms with van der Waals surface area (Å²) in [5.41, 5.74) is 0.412. The van der Waals surface area contributed by atoms with Gasteiger partial charge in [-0.15, -0.1) is 0 Å². The van der Waals surface area contributed by atoms with Gasteiger partial charge in [-0.05, 0) is 24.2 Å². The van der Waals surface area contributed by atoms with Crippen LogP contribution in [0.2, 0.25) is 0 Å². The van der Waals surface area contributed by atoms with Crippen molar-refractivity contribution in [2.24, 2.45) is 5.92 Å². The summed E-state index contributed by atoms with van der Waals surface area (Å²) in [6.07, 6.45) is 2.67. The number of thioether (sulfide) groups is 1. The number of rotatable bonds is 6. The van der Waals surface area contributed by atoms with E-state index < -0.39 is 12.0 Å². The maximum atomic E-state index is 12.4. The number of amides is 1. The van der Waals surface area contributed by atoms with E-state index in [4.69, 9.17) is 9.47 Å². The van der Waals surface area contributed by atoms with E-state index >= 15 is 0 Å². The summed E-state index contributed by atoms with van der Waals surface area (Å²) in [7, 11) is 1.31. The molecule has 2 atom stereocenters. The van der Waals surface area contributed by atoms with E-state index in [9.17, 15) is 9.59 Å². The Hall–Kier alpha value is -1.76. The van der Waals surface area contributed by atoms with Gasteiger partial charge < -0.3 is 14.8 Å². The number of aromatic nitrogens is 1. The van der Waals surface area contributed by atoms with Crippen LogP contribution in [0.15, 0.2) is 18.3 Å². The molecular formula is C16H22N2O4S. The molecule has 1 fully saturated rings. The van der Waals surface area contributed by atoms with Gasteiger partial charge in [-0.25, -0.2) is 9.78 Å². The lowest BCUT2D eigenvalue weighted by Gasteiger charge is -2.20. The second-order valence-corrected chi connectivity index (χ2v) is 6.85. The van der Waals surface area contributed by atoms with Crippen molar-refractivity contribution >= 4 is 23.6 Å². The summed E-state index contributed by atoms with van der Waals surface area (Å²) in [6.45, 7) is 3.70. The van der Waals surface area contributed by atoms with Gasteiger partial charge in [-0.1, -0.05) is 13.8 Å². The first kappa shape index (κ1) is 17.6. The minimum atomic E-state index is -0.684. The number of nitrogens with one attached hydrogen (secondary N) is 1. The van der Waals surface area contributed by atoms with E-state index in [-0.39, 0.29) is 17.9 Å². The molecule has 2 heterocycles. The van der Waals surface area contributed by atoms with Crippen LogP contribution in [0.5, 0.6) is 5.88 Å². The maximum absolute atomic E-state index is 12.4. The molecule has 1 aromatic heterocycles. The number of pyridine rings is 1. The third-order valence-corrected chi connectivity index (χ3v) is 4.71. The van der Waals surface area contributed by atoms with E-state index in [1.54, 1.807) is 12.1 Å². The van der Waals surface area contributed by atoms with Crippen LogP contribution in [0.3, 0.4) is 0 Å². The molecule has 0 bridgehead atoms. The smallest absolute Gasteiger partial charge is 0.328 e. The molecule has 126 valence electrons. The Balaban J connectivity index is 2.04. The SMILES string of the molecule is COC(=O)C(NC(=O)c1ccnc(OC2CCSC2)c1)C(C)C. The fourth-order valence-electron chi connectivity index (χ4n) is 2.24. The van der Waals surface area contributed by atoms with Crippen molar-refractivity contribution in [1.29, 1.82) is 0 Å². The van der Waals surface area contributed by atoms with E-state index in [2.05, 4.69) is 10.3 Å². The Labute approximate surface area is 140 Å². The zero-order valence-corrected chi connectivity index (χ0v) is 14.4. The van der Waals surface area contributed by atoms with E-state index in [0.717, 1.165) is 17.9 Å². The van der Waals surface area contributed by atoms with Crippen molar-refractivity contribution in [1.82, 2.24) is 10.3 Å². The zero-order valence-electron chi connectivity index (χ0n) is 13.6. The van der Waals surface area contributed by atoms with Gasteiger partial charge in [0.05, 0.1) is 7.11 Å². The molecule has 2 unspecified atom stereocenters. The molecule has 0 aliphatic carbocycles. The summed E-state index contributed by atoms with van der Waals surface area (Å²) < 4.78 is 10.5. The van der Waals surface area contributed by atoms with Crippen molar-refractivity contribution in [3.8, 4) is 5.88 Å². The van der Waals surface area contributed by atoms with Crippen molar-refractivity contribution in [3.63, 3.8) is 0 Å². The fraction of sp³-hybridized carbons (Fsp3) is 0.562. The summed E-state index contributed by atoms with van der Waals surface area (Å²) in [5.74, 6) is 1.59. The number of hydrogen-bond acceptors (Lipinski definition) is 6. The van der Waals surface area contributed by atoms with Crippen LogP contribution < -0.4 is 10.1 Å². The first-order valence-corrected chi connectivity index (χ1v) is 8.76. The van der Waals surface area contributed by atoms with Crippen LogP contribution in [-0.4, -0.2) is 47.6 Å². The largest absolute Gasteiger partial charge is 0.473 e.